The predicted octanol–water partition coefficient (Wildman–Crippen LogP) is 2.09. The van der Waals surface area contributed by atoms with Gasteiger partial charge in [0.25, 0.3) is 5.91 Å². The monoisotopic (exact) mass is 576 g/mol. The molecule has 3 heterocycles. The maximum absolute atomic E-state index is 14.1. The average Bonchev–Trinajstić information content (AvgIpc) is 3.35. The first-order valence-electron chi connectivity index (χ1n) is 13.9. The Morgan fingerprint density at radius 1 is 1.21 bits per heavy atom. The number of aliphatic hydroxyl groups is 2. The van der Waals surface area contributed by atoms with Crippen LogP contribution in [-0.4, -0.2) is 64.8 Å². The molecule has 2 aromatic rings. The van der Waals surface area contributed by atoms with E-state index in [1.54, 1.807) is 37.3 Å². The molecule has 1 saturated heterocycles. The number of anilines is 1. The van der Waals surface area contributed by atoms with Gasteiger partial charge in [-0.1, -0.05) is 31.6 Å². The molecule has 0 bridgehead atoms. The van der Waals surface area contributed by atoms with E-state index in [0.717, 1.165) is 6.07 Å². The number of para-hydroxylation sites is 1. The van der Waals surface area contributed by atoms with Crippen molar-refractivity contribution in [1.29, 1.82) is 0 Å². The largest absolute Gasteiger partial charge is 0.504 e. The summed E-state index contributed by atoms with van der Waals surface area (Å²) in [6.07, 6.45) is -1.94. The van der Waals surface area contributed by atoms with E-state index in [2.05, 4.69) is 0 Å². The van der Waals surface area contributed by atoms with Crippen LogP contribution in [0.4, 0.5) is 5.69 Å². The molecule has 220 valence electrons. The number of carbonyl (C=O) groups is 2. The van der Waals surface area contributed by atoms with Crippen LogP contribution in [0.5, 0.6) is 11.5 Å². The molecule has 2 aromatic carbocycles. The van der Waals surface area contributed by atoms with E-state index in [-0.39, 0.29) is 22.4 Å². The number of hydrogen-bond acceptors (Lipinski definition) is 10. The summed E-state index contributed by atoms with van der Waals surface area (Å²) in [5, 5.41) is 34.5. The molecule has 0 spiro atoms. The lowest BCUT2D eigenvalue weighted by molar-refractivity contribution is -0.310. The number of ketones is 1. The molecule has 6 atom stereocenters. The van der Waals surface area contributed by atoms with Gasteiger partial charge in [-0.3, -0.25) is 14.4 Å². The summed E-state index contributed by atoms with van der Waals surface area (Å²) in [5.74, 6) is -2.00. The van der Waals surface area contributed by atoms with Gasteiger partial charge >= 0.3 is 0 Å². The van der Waals surface area contributed by atoms with E-state index in [0.29, 0.717) is 35.4 Å². The number of fused-ring (bicyclic) bond motifs is 6. The molecule has 0 radical (unpaired) electrons. The van der Waals surface area contributed by atoms with Gasteiger partial charge in [0.1, 0.15) is 12.2 Å². The standard InChI is InChI=1S/C31H32N2O9/c1-5-8-19-22-16(11-13(2)33(19)18-10-7-6-9-15(18)29(32)38)21-17(24(22)35)12-20(34)23-27(25(21)36)42-30-31(23,39)28(37)26(40-4)14(3)41-30/h6-7,9-14,26,28,30,36-37,39H,5,8H2,1-4H3,(H2,32,38). The number of carbonyl (C=O) groups excluding carboxylic acids is 2. The van der Waals surface area contributed by atoms with Crippen molar-refractivity contribution in [2.24, 2.45) is 5.73 Å². The first kappa shape index (κ1) is 28.1. The highest BCUT2D eigenvalue weighted by atomic mass is 16.7. The molecule has 1 amide bonds. The van der Waals surface area contributed by atoms with Crippen LogP contribution < -0.4 is 20.8 Å². The van der Waals surface area contributed by atoms with E-state index >= 15 is 0 Å². The summed E-state index contributed by atoms with van der Waals surface area (Å²) in [6.45, 7) is 5.46. The molecule has 42 heavy (non-hydrogen) atoms. The van der Waals surface area contributed by atoms with Gasteiger partial charge in [-0.25, -0.2) is 0 Å². The lowest BCUT2D eigenvalue weighted by Gasteiger charge is -2.44. The van der Waals surface area contributed by atoms with Gasteiger partial charge in [-0.15, -0.1) is 0 Å². The van der Waals surface area contributed by atoms with Gasteiger partial charge in [-0.2, -0.15) is 0 Å². The van der Waals surface area contributed by atoms with Crippen molar-refractivity contribution in [2.75, 3.05) is 12.0 Å². The number of hydrogen-bond donors (Lipinski definition) is 4. The number of ether oxygens (including phenoxy) is 3. The lowest BCUT2D eigenvalue weighted by Crippen LogP contribution is -2.63. The Morgan fingerprint density at radius 3 is 2.60 bits per heavy atom. The Balaban J connectivity index is 1.58. The number of aromatic hydroxyl groups is 1. The van der Waals surface area contributed by atoms with Gasteiger partial charge in [0.15, 0.2) is 28.3 Å². The maximum atomic E-state index is 14.1. The minimum atomic E-state index is -2.36. The van der Waals surface area contributed by atoms with Crippen molar-refractivity contribution in [3.05, 3.63) is 80.2 Å². The minimum absolute atomic E-state index is 0.0642. The van der Waals surface area contributed by atoms with Crippen molar-refractivity contribution >= 4 is 23.0 Å². The highest BCUT2D eigenvalue weighted by Crippen LogP contribution is 2.55. The van der Waals surface area contributed by atoms with Crippen molar-refractivity contribution in [2.45, 2.75) is 69.9 Å². The van der Waals surface area contributed by atoms with Crippen LogP contribution in [0.2, 0.25) is 0 Å². The fraction of sp³-hybridized carbons (Fsp3) is 0.387. The number of amides is 1. The van der Waals surface area contributed by atoms with Crippen LogP contribution in [0.25, 0.3) is 5.57 Å². The number of methoxy groups -OCH3 is 1. The van der Waals surface area contributed by atoms with Crippen LogP contribution in [0, 0.1) is 0 Å². The fourth-order valence-electron chi connectivity index (χ4n) is 6.78. The van der Waals surface area contributed by atoms with Gasteiger partial charge in [0.2, 0.25) is 6.29 Å². The molecule has 0 saturated carbocycles. The Kier molecular flexibility index (Phi) is 6.54. The third-order valence-corrected chi connectivity index (χ3v) is 8.61. The van der Waals surface area contributed by atoms with Crippen molar-refractivity contribution in [3.8, 4) is 11.5 Å². The van der Waals surface area contributed by atoms with Gasteiger partial charge < -0.3 is 40.2 Å². The zero-order chi connectivity index (χ0) is 30.2. The molecular weight excluding hydrogens is 544 g/mol. The second kappa shape index (κ2) is 9.77. The highest BCUT2D eigenvalue weighted by molar-refractivity contribution is 6.28. The molecule has 0 aromatic heterocycles. The van der Waals surface area contributed by atoms with Crippen LogP contribution in [0.3, 0.4) is 0 Å². The molecule has 6 unspecified atom stereocenters. The lowest BCUT2D eigenvalue weighted by atomic mass is 9.82. The van der Waals surface area contributed by atoms with Crippen LogP contribution in [0.15, 0.2) is 52.5 Å². The summed E-state index contributed by atoms with van der Waals surface area (Å²) in [7, 11) is 1.34. The molecule has 11 heteroatoms. The van der Waals surface area contributed by atoms with E-state index in [1.807, 2.05) is 18.7 Å². The van der Waals surface area contributed by atoms with Crippen molar-refractivity contribution in [1.82, 2.24) is 0 Å². The third kappa shape index (κ3) is 3.64. The summed E-state index contributed by atoms with van der Waals surface area (Å²) in [4.78, 5) is 42.0. The number of aliphatic hydroxyl groups excluding tert-OH is 1. The molecule has 5 N–H and O–H groups in total. The number of primary amides is 1. The first-order valence-corrected chi connectivity index (χ1v) is 13.9. The van der Waals surface area contributed by atoms with Crippen molar-refractivity contribution in [3.63, 3.8) is 0 Å². The van der Waals surface area contributed by atoms with Crippen LogP contribution >= 0.6 is 0 Å². The number of allylic oxidation sites excluding steroid dienone is 3. The summed E-state index contributed by atoms with van der Waals surface area (Å²) in [6, 6.07) is 7.53. The Hall–Kier alpha value is -4.03. The Labute approximate surface area is 241 Å². The molecule has 1 fully saturated rings. The van der Waals surface area contributed by atoms with E-state index < -0.39 is 64.7 Å². The Morgan fingerprint density at radius 2 is 1.93 bits per heavy atom. The molecule has 1 aliphatic carbocycles. The molecule has 3 aliphatic heterocycles. The third-order valence-electron chi connectivity index (χ3n) is 8.61. The van der Waals surface area contributed by atoms with Crippen LogP contribution in [-0.2, 0) is 15.1 Å². The predicted molar refractivity (Wildman–Crippen MR) is 151 cm³/mol. The topological polar surface area (TPSA) is 169 Å². The van der Waals surface area contributed by atoms with Gasteiger partial charge in [-0.05, 0) is 44.0 Å². The fourth-order valence-corrected chi connectivity index (χ4v) is 6.78. The summed E-state index contributed by atoms with van der Waals surface area (Å²) < 4.78 is 16.9. The number of nitrogens with two attached hydrogens (primary N) is 1. The molecule has 11 nitrogen and oxygen atoms in total. The van der Waals surface area contributed by atoms with E-state index in [1.165, 1.54) is 7.11 Å². The zero-order valence-electron chi connectivity index (χ0n) is 23.6. The summed E-state index contributed by atoms with van der Waals surface area (Å²) in [5.41, 5.74) is 4.27. The zero-order valence-corrected chi connectivity index (χ0v) is 23.6. The molecule has 4 aliphatic rings. The number of rotatable bonds is 5. The smallest absolute Gasteiger partial charge is 0.250 e. The van der Waals surface area contributed by atoms with Gasteiger partial charge in [0, 0.05) is 29.5 Å². The van der Waals surface area contributed by atoms with E-state index in [9.17, 15) is 29.7 Å². The Bertz CT molecular complexity index is 1660. The minimum Gasteiger partial charge on any atom is -0.504 e. The normalized spacial score (nSPS) is 29.4. The second-order valence-corrected chi connectivity index (χ2v) is 11.1. The SMILES string of the molecule is CCCC1=C2C(=O)c3cc(=O)c4c(c(O)c3C2=CC(C)N1c1ccccc1C(N)=O)OC1OC(C)C(OC)C(O)C41O. The van der Waals surface area contributed by atoms with E-state index in [4.69, 9.17) is 19.9 Å². The molecule has 6 rings (SSSR count). The second-order valence-electron chi connectivity index (χ2n) is 11.1. The first-order chi connectivity index (χ1) is 20.0. The highest BCUT2D eigenvalue weighted by Gasteiger charge is 2.63. The summed E-state index contributed by atoms with van der Waals surface area (Å²) >= 11 is 0. The number of nitrogens with zero attached hydrogens (tertiary/aromatic N) is 1. The number of Topliss-reactive ketones (excluding diaryl/α,β-unsaturated/α-hetero) is 1. The van der Waals surface area contributed by atoms with Crippen LogP contribution in [0.1, 0.15) is 65.5 Å². The molecular formula is C31H32N2O9. The maximum Gasteiger partial charge on any atom is 0.250 e. The van der Waals surface area contributed by atoms with Gasteiger partial charge in [0.05, 0.1) is 29.0 Å². The average molecular weight is 577 g/mol. The quantitative estimate of drug-likeness (QED) is 0.414. The van der Waals surface area contributed by atoms with Crippen molar-refractivity contribution < 1.29 is 39.1 Å². The number of benzene rings is 1.